The fourth-order valence-corrected chi connectivity index (χ4v) is 6.37. The van der Waals surface area contributed by atoms with E-state index in [-0.39, 0.29) is 12.1 Å². The van der Waals surface area contributed by atoms with Crippen LogP contribution in [0.2, 0.25) is 18.1 Å². The molecular formula is C22H38O4Si. The molecule has 0 N–H and O–H groups in total. The first-order valence-corrected chi connectivity index (χ1v) is 12.9. The van der Waals surface area contributed by atoms with Crippen molar-refractivity contribution in [2.45, 2.75) is 77.8 Å². The predicted octanol–water partition coefficient (Wildman–Crippen LogP) is 5.57. The number of hydrogen-bond acceptors (Lipinski definition) is 4. The van der Waals surface area contributed by atoms with E-state index >= 15 is 0 Å². The second-order valence-corrected chi connectivity index (χ2v) is 12.0. The summed E-state index contributed by atoms with van der Waals surface area (Å²) in [7, 11) is -0.258. The minimum Gasteiger partial charge on any atom is -0.469 e. The van der Waals surface area contributed by atoms with Crippen LogP contribution in [0, 0.1) is 5.92 Å². The molecule has 0 aliphatic rings. The Labute approximate surface area is 166 Å². The minimum absolute atomic E-state index is 0.136. The number of carbonyl (C=O) groups is 1. The smallest absolute Gasteiger partial charge is 0.305 e. The standard InChI is InChI=1S/C22H38O4Si/c1-6-27(7-2,8-3)26-21(19(4)14-15-22(23)24-5)16-17-25-18-20-12-10-9-11-13-20/h9-13,19,21H,6-8,14-18H2,1-5H3/t19-,21+/m0/s1. The molecule has 4 nitrogen and oxygen atoms in total. The van der Waals surface area contributed by atoms with E-state index in [9.17, 15) is 4.79 Å². The average Bonchev–Trinajstić information content (AvgIpc) is 2.72. The summed E-state index contributed by atoms with van der Waals surface area (Å²) >= 11 is 0. The van der Waals surface area contributed by atoms with E-state index in [1.54, 1.807) is 0 Å². The first kappa shape index (κ1) is 23.9. The monoisotopic (exact) mass is 394 g/mol. The third-order valence-corrected chi connectivity index (χ3v) is 10.3. The molecule has 0 unspecified atom stereocenters. The first-order chi connectivity index (χ1) is 13.0. The molecule has 0 saturated carbocycles. The van der Waals surface area contributed by atoms with Gasteiger partial charge in [-0.2, -0.15) is 0 Å². The maximum Gasteiger partial charge on any atom is 0.305 e. The van der Waals surface area contributed by atoms with Crippen LogP contribution in [0.1, 0.15) is 52.5 Å². The van der Waals surface area contributed by atoms with Crippen LogP contribution in [0.5, 0.6) is 0 Å². The van der Waals surface area contributed by atoms with Gasteiger partial charge in [0.2, 0.25) is 0 Å². The van der Waals surface area contributed by atoms with Crippen molar-refractivity contribution in [3.05, 3.63) is 35.9 Å². The van der Waals surface area contributed by atoms with Gasteiger partial charge in [0, 0.05) is 19.1 Å². The average molecular weight is 395 g/mol. The van der Waals surface area contributed by atoms with Crippen molar-refractivity contribution >= 4 is 14.3 Å². The Kier molecular flexibility index (Phi) is 11.6. The summed E-state index contributed by atoms with van der Waals surface area (Å²) in [5.74, 6) is 0.159. The molecule has 1 rings (SSSR count). The minimum atomic E-state index is -1.70. The fourth-order valence-electron chi connectivity index (χ4n) is 3.38. The van der Waals surface area contributed by atoms with Crippen molar-refractivity contribution in [1.29, 1.82) is 0 Å². The zero-order chi connectivity index (χ0) is 20.1. The van der Waals surface area contributed by atoms with Gasteiger partial charge in [0.1, 0.15) is 0 Å². The Morgan fingerprint density at radius 2 is 1.67 bits per heavy atom. The van der Waals surface area contributed by atoms with E-state index in [0.717, 1.165) is 31.0 Å². The van der Waals surface area contributed by atoms with Crippen LogP contribution in [0.3, 0.4) is 0 Å². The molecule has 0 aliphatic carbocycles. The second kappa shape index (κ2) is 13.1. The van der Waals surface area contributed by atoms with E-state index in [1.807, 2.05) is 18.2 Å². The molecule has 0 bridgehead atoms. The SMILES string of the molecule is CC[Si](CC)(CC)O[C@H](CCOCc1ccccc1)[C@@H](C)CCC(=O)OC. The van der Waals surface area contributed by atoms with Crippen molar-refractivity contribution in [2.75, 3.05) is 13.7 Å². The van der Waals surface area contributed by atoms with Gasteiger partial charge in [0.25, 0.3) is 0 Å². The molecule has 0 radical (unpaired) electrons. The third-order valence-electron chi connectivity index (χ3n) is 5.66. The summed E-state index contributed by atoms with van der Waals surface area (Å²) in [6, 6.07) is 13.6. The van der Waals surface area contributed by atoms with Crippen LogP contribution >= 0.6 is 0 Å². The maximum absolute atomic E-state index is 11.5. The van der Waals surface area contributed by atoms with E-state index in [0.29, 0.717) is 25.6 Å². The molecule has 1 aromatic carbocycles. The summed E-state index contributed by atoms with van der Waals surface area (Å²) in [4.78, 5) is 11.5. The molecule has 0 amide bonds. The van der Waals surface area contributed by atoms with Crippen LogP contribution in [0.4, 0.5) is 0 Å². The molecule has 1 aromatic rings. The summed E-state index contributed by atoms with van der Waals surface area (Å²) in [6.45, 7) is 10.2. The van der Waals surface area contributed by atoms with Crippen molar-refractivity contribution in [2.24, 2.45) is 5.92 Å². The molecule has 0 saturated heterocycles. The van der Waals surface area contributed by atoms with Crippen LogP contribution in [-0.4, -0.2) is 34.1 Å². The van der Waals surface area contributed by atoms with Gasteiger partial charge >= 0.3 is 5.97 Å². The quantitative estimate of drug-likeness (QED) is 0.235. The molecule has 154 valence electrons. The van der Waals surface area contributed by atoms with Gasteiger partial charge < -0.3 is 13.9 Å². The molecule has 0 heterocycles. The Balaban J connectivity index is 2.63. The molecule has 2 atom stereocenters. The number of ether oxygens (including phenoxy) is 2. The summed E-state index contributed by atoms with van der Waals surface area (Å²) < 4.78 is 17.5. The van der Waals surface area contributed by atoms with Gasteiger partial charge in [-0.1, -0.05) is 58.0 Å². The topological polar surface area (TPSA) is 44.8 Å². The number of carbonyl (C=O) groups excluding carboxylic acids is 1. The second-order valence-electron chi connectivity index (χ2n) is 7.32. The highest BCUT2D eigenvalue weighted by Crippen LogP contribution is 2.28. The van der Waals surface area contributed by atoms with Crippen molar-refractivity contribution in [3.63, 3.8) is 0 Å². The number of rotatable bonds is 14. The Morgan fingerprint density at radius 3 is 2.22 bits per heavy atom. The van der Waals surface area contributed by atoms with E-state index in [4.69, 9.17) is 13.9 Å². The van der Waals surface area contributed by atoms with E-state index in [2.05, 4.69) is 39.8 Å². The maximum atomic E-state index is 11.5. The third kappa shape index (κ3) is 8.58. The highest BCUT2D eigenvalue weighted by Gasteiger charge is 2.33. The van der Waals surface area contributed by atoms with Crippen molar-refractivity contribution < 1.29 is 18.7 Å². The summed E-state index contributed by atoms with van der Waals surface area (Å²) in [5.41, 5.74) is 1.19. The molecule has 27 heavy (non-hydrogen) atoms. The van der Waals surface area contributed by atoms with E-state index < -0.39 is 8.32 Å². The zero-order valence-corrected chi connectivity index (χ0v) is 18.8. The molecule has 0 fully saturated rings. The Bertz CT molecular complexity index is 508. The lowest BCUT2D eigenvalue weighted by Crippen LogP contribution is -2.42. The number of esters is 1. The highest BCUT2D eigenvalue weighted by molar-refractivity contribution is 6.73. The molecule has 0 spiro atoms. The molecule has 5 heteroatoms. The molecular weight excluding hydrogens is 356 g/mol. The van der Waals surface area contributed by atoms with Gasteiger partial charge in [-0.3, -0.25) is 4.79 Å². The van der Waals surface area contributed by atoms with Crippen LogP contribution in [0.25, 0.3) is 0 Å². The number of methoxy groups -OCH3 is 1. The number of hydrogen-bond donors (Lipinski definition) is 0. The molecule has 0 aromatic heterocycles. The lowest BCUT2D eigenvalue weighted by atomic mass is 9.97. The summed E-state index contributed by atoms with van der Waals surface area (Å²) in [6.07, 6.45) is 2.24. The highest BCUT2D eigenvalue weighted by atomic mass is 28.4. The lowest BCUT2D eigenvalue weighted by molar-refractivity contribution is -0.141. The summed E-state index contributed by atoms with van der Waals surface area (Å²) in [5, 5.41) is 0. The van der Waals surface area contributed by atoms with Gasteiger partial charge in [-0.15, -0.1) is 0 Å². The lowest BCUT2D eigenvalue weighted by Gasteiger charge is -2.36. The van der Waals surface area contributed by atoms with Crippen molar-refractivity contribution in [3.8, 4) is 0 Å². The normalized spacial score (nSPS) is 14.0. The zero-order valence-electron chi connectivity index (χ0n) is 17.8. The van der Waals surface area contributed by atoms with Gasteiger partial charge in [0.15, 0.2) is 8.32 Å². The predicted molar refractivity (Wildman–Crippen MR) is 113 cm³/mol. The fraction of sp³-hybridized carbons (Fsp3) is 0.682. The van der Waals surface area contributed by atoms with Gasteiger partial charge in [-0.05, 0) is 42.5 Å². The van der Waals surface area contributed by atoms with Crippen molar-refractivity contribution in [1.82, 2.24) is 0 Å². The van der Waals surface area contributed by atoms with Crippen LogP contribution in [0.15, 0.2) is 30.3 Å². The largest absolute Gasteiger partial charge is 0.469 e. The molecule has 0 aliphatic heterocycles. The van der Waals surface area contributed by atoms with Gasteiger partial charge in [0.05, 0.1) is 13.7 Å². The van der Waals surface area contributed by atoms with Gasteiger partial charge in [-0.25, -0.2) is 0 Å². The number of benzene rings is 1. The van der Waals surface area contributed by atoms with Crippen LogP contribution < -0.4 is 0 Å². The van der Waals surface area contributed by atoms with Crippen LogP contribution in [-0.2, 0) is 25.3 Å². The van der Waals surface area contributed by atoms with E-state index in [1.165, 1.54) is 12.7 Å². The Morgan fingerprint density at radius 1 is 1.04 bits per heavy atom. The Hall–Kier alpha value is -1.17. The first-order valence-electron chi connectivity index (χ1n) is 10.4.